The lowest BCUT2D eigenvalue weighted by atomic mass is 9.80. The van der Waals surface area contributed by atoms with Gasteiger partial charge >= 0.3 is 0 Å². The Kier molecular flexibility index (Phi) is 21.4. The third-order valence-electron chi connectivity index (χ3n) is 16.1. The van der Waals surface area contributed by atoms with Crippen LogP contribution in [0.4, 0.5) is 0 Å². The SMILES string of the molecule is COc1ccc(C(OC[C@H]2O[C@H](C[C@H]3O[C@H](COCc4ccccc4)[C@@H](OCc4ccccc4)[C@H](OCc4ccccc4)[C@H]3OCc3ccccc3)[C@@H](O)[C@@H](OCc3ccccc3)[C@@H]2OCc2ccccc2)(c2ccccc2)c2ccccc2)cc1. The molecule has 2 heterocycles. The van der Waals surface area contributed by atoms with Gasteiger partial charge in [-0.25, -0.2) is 0 Å². The number of ether oxygens (including phenoxy) is 10. The van der Waals surface area contributed by atoms with Crippen molar-refractivity contribution in [1.82, 2.24) is 0 Å². The summed E-state index contributed by atoms with van der Waals surface area (Å²) in [5, 5.41) is 13.3. The van der Waals surface area contributed by atoms with Crippen LogP contribution in [0.5, 0.6) is 5.75 Å². The van der Waals surface area contributed by atoms with Crippen LogP contribution in [-0.2, 0) is 87.9 Å². The van der Waals surface area contributed by atoms with E-state index in [9.17, 15) is 5.11 Å². The maximum absolute atomic E-state index is 13.3. The summed E-state index contributed by atoms with van der Waals surface area (Å²) in [5.74, 6) is 0.715. The average molecular weight is 1150 g/mol. The largest absolute Gasteiger partial charge is 0.497 e. The van der Waals surface area contributed by atoms with Crippen LogP contribution in [0.1, 0.15) is 56.5 Å². The number of rotatable bonds is 28. The van der Waals surface area contributed by atoms with Gasteiger partial charge in [0.1, 0.15) is 60.2 Å². The summed E-state index contributed by atoms with van der Waals surface area (Å²) in [6, 6.07) is 88.8. The fraction of sp³-hybridized carbons (Fsp3) is 0.280. The third kappa shape index (κ3) is 15.5. The molecular formula is C75H76O11. The zero-order valence-corrected chi connectivity index (χ0v) is 48.6. The highest BCUT2D eigenvalue weighted by atomic mass is 16.6. The Bertz CT molecular complexity index is 3290. The first-order chi connectivity index (χ1) is 42.5. The summed E-state index contributed by atoms with van der Waals surface area (Å²) in [5.41, 5.74) is 7.39. The smallest absolute Gasteiger partial charge is 0.143 e. The van der Waals surface area contributed by atoms with Crippen molar-refractivity contribution in [1.29, 1.82) is 0 Å². The lowest BCUT2D eigenvalue weighted by Gasteiger charge is -2.49. The summed E-state index contributed by atoms with van der Waals surface area (Å²) in [6.07, 6.45) is -8.21. The molecule has 2 saturated heterocycles. The van der Waals surface area contributed by atoms with Crippen LogP contribution < -0.4 is 4.74 Å². The maximum atomic E-state index is 13.3. The molecule has 442 valence electrons. The fourth-order valence-electron chi connectivity index (χ4n) is 11.7. The van der Waals surface area contributed by atoms with Crippen LogP contribution in [-0.4, -0.2) is 86.5 Å². The number of benzene rings is 9. The number of methoxy groups -OCH3 is 1. The topological polar surface area (TPSA) is 113 Å². The minimum Gasteiger partial charge on any atom is -0.497 e. The van der Waals surface area contributed by atoms with Crippen LogP contribution >= 0.6 is 0 Å². The fourth-order valence-corrected chi connectivity index (χ4v) is 11.7. The Morgan fingerprint density at radius 3 is 1.05 bits per heavy atom. The van der Waals surface area contributed by atoms with E-state index >= 15 is 0 Å². The van der Waals surface area contributed by atoms with E-state index in [2.05, 4.69) is 36.4 Å². The normalized spacial score (nSPS) is 22.3. The molecule has 0 unspecified atom stereocenters. The second-order valence-electron chi connectivity index (χ2n) is 21.9. The average Bonchev–Trinajstić information content (AvgIpc) is 2.13. The summed E-state index contributed by atoms with van der Waals surface area (Å²) >= 11 is 0. The predicted molar refractivity (Wildman–Crippen MR) is 331 cm³/mol. The van der Waals surface area contributed by atoms with Crippen LogP contribution in [0.3, 0.4) is 0 Å². The highest BCUT2D eigenvalue weighted by Gasteiger charge is 2.53. The molecule has 2 aliphatic rings. The van der Waals surface area contributed by atoms with Crippen molar-refractivity contribution in [2.24, 2.45) is 0 Å². The van der Waals surface area contributed by atoms with Crippen LogP contribution in [0.15, 0.2) is 267 Å². The lowest BCUT2D eigenvalue weighted by molar-refractivity contribution is -0.295. The molecule has 9 aromatic rings. The molecule has 2 fully saturated rings. The molecule has 0 spiro atoms. The van der Waals surface area contributed by atoms with E-state index in [1.807, 2.05) is 231 Å². The number of hydrogen-bond donors (Lipinski definition) is 1. The van der Waals surface area contributed by atoms with Gasteiger partial charge in [-0.3, -0.25) is 0 Å². The van der Waals surface area contributed by atoms with Crippen molar-refractivity contribution in [3.05, 3.63) is 317 Å². The van der Waals surface area contributed by atoms with Crippen molar-refractivity contribution < 1.29 is 52.5 Å². The second-order valence-corrected chi connectivity index (χ2v) is 21.9. The van der Waals surface area contributed by atoms with Crippen molar-refractivity contribution in [3.63, 3.8) is 0 Å². The Morgan fingerprint density at radius 2 is 0.640 bits per heavy atom. The van der Waals surface area contributed by atoms with Gasteiger partial charge in [-0.15, -0.1) is 0 Å². The lowest BCUT2D eigenvalue weighted by Crippen LogP contribution is -2.64. The highest BCUT2D eigenvalue weighted by molar-refractivity contribution is 5.49. The van der Waals surface area contributed by atoms with Gasteiger partial charge in [0, 0.05) is 6.42 Å². The van der Waals surface area contributed by atoms with Crippen molar-refractivity contribution in [2.75, 3.05) is 20.3 Å². The maximum Gasteiger partial charge on any atom is 0.143 e. The monoisotopic (exact) mass is 1150 g/mol. The number of aliphatic hydroxyl groups excluding tert-OH is 1. The molecule has 9 aromatic carbocycles. The van der Waals surface area contributed by atoms with Crippen molar-refractivity contribution >= 4 is 0 Å². The zero-order valence-electron chi connectivity index (χ0n) is 48.6. The molecule has 11 nitrogen and oxygen atoms in total. The Hall–Kier alpha value is -7.62. The molecule has 0 radical (unpaired) electrons. The van der Waals surface area contributed by atoms with Gasteiger partial charge in [-0.05, 0) is 62.2 Å². The molecule has 0 aliphatic carbocycles. The molecule has 2 aliphatic heterocycles. The third-order valence-corrected chi connectivity index (χ3v) is 16.1. The Labute approximate surface area is 505 Å². The van der Waals surface area contributed by atoms with Gasteiger partial charge in [0.25, 0.3) is 0 Å². The Morgan fingerprint density at radius 1 is 0.326 bits per heavy atom. The molecule has 0 saturated carbocycles. The molecule has 0 aromatic heterocycles. The summed E-state index contributed by atoms with van der Waals surface area (Å²) < 4.78 is 70.4. The zero-order chi connectivity index (χ0) is 58.6. The quantitative estimate of drug-likeness (QED) is 0.0473. The summed E-state index contributed by atoms with van der Waals surface area (Å²) in [4.78, 5) is 0. The minimum atomic E-state index is -1.24. The number of hydrogen-bond acceptors (Lipinski definition) is 11. The minimum absolute atomic E-state index is 0.00267. The van der Waals surface area contributed by atoms with Crippen molar-refractivity contribution in [2.45, 2.75) is 113 Å². The van der Waals surface area contributed by atoms with Gasteiger partial charge < -0.3 is 52.5 Å². The first-order valence-corrected chi connectivity index (χ1v) is 29.8. The summed E-state index contributed by atoms with van der Waals surface area (Å²) in [6.45, 7) is 1.71. The van der Waals surface area contributed by atoms with Gasteiger partial charge in [-0.2, -0.15) is 0 Å². The van der Waals surface area contributed by atoms with Crippen LogP contribution in [0.25, 0.3) is 0 Å². The molecule has 10 atom stereocenters. The molecule has 1 N–H and O–H groups in total. The van der Waals surface area contributed by atoms with E-state index < -0.39 is 66.6 Å². The molecule has 11 rings (SSSR count). The molecular weight excluding hydrogens is 1080 g/mol. The van der Waals surface area contributed by atoms with Gasteiger partial charge in [0.05, 0.1) is 72.2 Å². The predicted octanol–water partition coefficient (Wildman–Crippen LogP) is 13.4. The molecule has 0 bridgehead atoms. The van der Waals surface area contributed by atoms with E-state index in [4.69, 9.17) is 47.4 Å². The molecule has 11 heteroatoms. The van der Waals surface area contributed by atoms with Gasteiger partial charge in [0.2, 0.25) is 0 Å². The molecule has 0 amide bonds. The van der Waals surface area contributed by atoms with E-state index in [1.54, 1.807) is 7.11 Å². The molecule has 86 heavy (non-hydrogen) atoms. The van der Waals surface area contributed by atoms with E-state index in [1.165, 1.54) is 0 Å². The van der Waals surface area contributed by atoms with Gasteiger partial charge in [-0.1, -0.05) is 255 Å². The van der Waals surface area contributed by atoms with E-state index in [-0.39, 0.29) is 52.7 Å². The summed E-state index contributed by atoms with van der Waals surface area (Å²) in [7, 11) is 1.66. The highest BCUT2D eigenvalue weighted by Crippen LogP contribution is 2.43. The Balaban J connectivity index is 1.000. The van der Waals surface area contributed by atoms with Crippen LogP contribution in [0.2, 0.25) is 0 Å². The van der Waals surface area contributed by atoms with E-state index in [0.717, 1.165) is 50.1 Å². The van der Waals surface area contributed by atoms with Crippen LogP contribution in [0, 0.1) is 0 Å². The van der Waals surface area contributed by atoms with Gasteiger partial charge in [0.15, 0.2) is 0 Å². The standard InChI is InChI=1S/C75H76O11/c1-77-64-44-42-63(43-45-64)75(61-38-22-8-23-39-61,62-40-24-9-25-41-62)84-54-68-71(80-49-57-30-14-4-15-31-57)73(82-51-59-34-18-6-19-35-59)69(76)65(85-68)46-66-70(79-48-56-28-12-3-13-29-56)74(83-52-60-36-20-7-21-37-60)72(81-50-58-32-16-5-17-33-58)67(86-66)53-78-47-55-26-10-2-11-27-55/h2-45,65-74,76H,46-54H2,1H3/t65-,66-,67-,68-,69-,70+,71-,72-,73-,74-/m1/s1. The van der Waals surface area contributed by atoms with E-state index in [0.29, 0.717) is 12.4 Å². The second kappa shape index (κ2) is 30.6. The first kappa shape index (κ1) is 60.1. The first-order valence-electron chi connectivity index (χ1n) is 29.8. The van der Waals surface area contributed by atoms with Crippen molar-refractivity contribution in [3.8, 4) is 5.75 Å². The number of aliphatic hydroxyl groups is 1.